The molecule has 0 saturated heterocycles. The van der Waals surface area contributed by atoms with Gasteiger partial charge in [0.2, 0.25) is 10.0 Å². The molecule has 0 unspecified atom stereocenters. The Morgan fingerprint density at radius 3 is 2.76 bits per heavy atom. The van der Waals surface area contributed by atoms with Crippen LogP contribution >= 0.6 is 0 Å². The molecular weight excluding hydrogens is 294 g/mol. The van der Waals surface area contributed by atoms with Gasteiger partial charge >= 0.3 is 5.97 Å². The average molecular weight is 309 g/mol. The zero-order chi connectivity index (χ0) is 15.5. The maximum Gasteiger partial charge on any atom is 0.352 e. The summed E-state index contributed by atoms with van der Waals surface area (Å²) in [6, 6.07) is 6.54. The first-order valence-corrected chi connectivity index (χ1v) is 7.68. The maximum atomic E-state index is 12.1. The highest BCUT2D eigenvalue weighted by Gasteiger charge is 2.19. The highest BCUT2D eigenvalue weighted by molar-refractivity contribution is 7.89. The number of aromatic carboxylic acids is 1. The summed E-state index contributed by atoms with van der Waals surface area (Å²) in [5.74, 6) is -1.17. The lowest BCUT2D eigenvalue weighted by atomic mass is 10.3. The number of aryl methyl sites for hydroxylation is 1. The van der Waals surface area contributed by atoms with E-state index in [1.807, 2.05) is 6.07 Å². The van der Waals surface area contributed by atoms with E-state index >= 15 is 0 Å². The molecule has 0 radical (unpaired) electrons. The predicted molar refractivity (Wildman–Crippen MR) is 75.5 cm³/mol. The van der Waals surface area contributed by atoms with E-state index in [1.54, 1.807) is 18.3 Å². The summed E-state index contributed by atoms with van der Waals surface area (Å²) < 4.78 is 27.8. The maximum absolute atomic E-state index is 12.1. The number of aromatic nitrogens is 2. The number of rotatable bonds is 6. The second kappa shape index (κ2) is 6.06. The van der Waals surface area contributed by atoms with Gasteiger partial charge in [-0.1, -0.05) is 6.07 Å². The summed E-state index contributed by atoms with van der Waals surface area (Å²) in [5, 5.41) is 8.93. The number of carboxylic acid groups (broad SMARTS) is 1. The van der Waals surface area contributed by atoms with Crippen molar-refractivity contribution in [2.75, 3.05) is 6.54 Å². The van der Waals surface area contributed by atoms with Crippen molar-refractivity contribution in [1.29, 1.82) is 0 Å². The minimum atomic E-state index is -3.73. The van der Waals surface area contributed by atoms with Gasteiger partial charge in [-0.25, -0.2) is 17.9 Å². The lowest BCUT2D eigenvalue weighted by Gasteiger charge is -2.04. The van der Waals surface area contributed by atoms with E-state index in [-0.39, 0.29) is 17.1 Å². The van der Waals surface area contributed by atoms with Gasteiger partial charge in [-0.15, -0.1) is 0 Å². The van der Waals surface area contributed by atoms with E-state index in [0.717, 1.165) is 11.8 Å². The molecule has 0 aliphatic carbocycles. The van der Waals surface area contributed by atoms with Crippen LogP contribution in [0.2, 0.25) is 0 Å². The first-order chi connectivity index (χ1) is 9.90. The molecule has 112 valence electrons. The van der Waals surface area contributed by atoms with Crippen LogP contribution in [0.5, 0.6) is 0 Å². The van der Waals surface area contributed by atoms with Crippen molar-refractivity contribution >= 4 is 16.0 Å². The molecule has 2 aromatic heterocycles. The van der Waals surface area contributed by atoms with Gasteiger partial charge in [0.15, 0.2) is 0 Å². The van der Waals surface area contributed by atoms with Gasteiger partial charge in [-0.3, -0.25) is 4.98 Å². The van der Waals surface area contributed by atoms with Crippen LogP contribution < -0.4 is 4.72 Å². The van der Waals surface area contributed by atoms with Crippen LogP contribution in [0.3, 0.4) is 0 Å². The van der Waals surface area contributed by atoms with E-state index in [0.29, 0.717) is 6.42 Å². The molecule has 0 spiro atoms. The molecule has 0 aliphatic rings. The summed E-state index contributed by atoms with van der Waals surface area (Å²) in [6.07, 6.45) is 3.37. The van der Waals surface area contributed by atoms with E-state index in [4.69, 9.17) is 5.11 Å². The van der Waals surface area contributed by atoms with Crippen molar-refractivity contribution in [3.63, 3.8) is 0 Å². The quantitative estimate of drug-likeness (QED) is 0.815. The summed E-state index contributed by atoms with van der Waals surface area (Å²) in [5.41, 5.74) is 0.694. The molecule has 0 saturated carbocycles. The van der Waals surface area contributed by atoms with Crippen molar-refractivity contribution in [3.8, 4) is 0 Å². The Morgan fingerprint density at radius 2 is 2.19 bits per heavy atom. The number of carboxylic acids is 1. The minimum absolute atomic E-state index is 0.0663. The molecule has 0 atom stereocenters. The predicted octanol–water partition coefficient (Wildman–Crippen LogP) is 0.639. The molecule has 0 amide bonds. The monoisotopic (exact) mass is 309 g/mol. The average Bonchev–Trinajstić information content (AvgIpc) is 2.83. The van der Waals surface area contributed by atoms with Crippen molar-refractivity contribution in [2.24, 2.45) is 7.05 Å². The van der Waals surface area contributed by atoms with Gasteiger partial charge < -0.3 is 9.67 Å². The molecule has 2 aromatic rings. The topological polar surface area (TPSA) is 101 Å². The highest BCUT2D eigenvalue weighted by Crippen LogP contribution is 2.13. The Bertz CT molecular complexity index is 738. The number of sulfonamides is 1. The molecule has 0 aliphatic heterocycles. The summed E-state index contributed by atoms with van der Waals surface area (Å²) >= 11 is 0. The Morgan fingerprint density at radius 1 is 1.43 bits per heavy atom. The third kappa shape index (κ3) is 3.67. The Hall–Kier alpha value is -2.19. The Balaban J connectivity index is 2.05. The van der Waals surface area contributed by atoms with E-state index < -0.39 is 16.0 Å². The highest BCUT2D eigenvalue weighted by atomic mass is 32.2. The van der Waals surface area contributed by atoms with Crippen LogP contribution in [0.1, 0.15) is 16.2 Å². The molecule has 0 bridgehead atoms. The molecule has 7 nitrogen and oxygen atoms in total. The summed E-state index contributed by atoms with van der Waals surface area (Å²) in [7, 11) is -2.25. The number of hydrogen-bond acceptors (Lipinski definition) is 4. The van der Waals surface area contributed by atoms with Crippen molar-refractivity contribution < 1.29 is 18.3 Å². The second-order valence-corrected chi connectivity index (χ2v) is 6.21. The number of pyridine rings is 1. The fourth-order valence-electron chi connectivity index (χ4n) is 1.84. The number of nitrogens with one attached hydrogen (secondary N) is 1. The lowest BCUT2D eigenvalue weighted by Crippen LogP contribution is -2.25. The number of carbonyl (C=O) groups is 1. The van der Waals surface area contributed by atoms with Crippen molar-refractivity contribution in [1.82, 2.24) is 14.3 Å². The second-order valence-electron chi connectivity index (χ2n) is 4.45. The van der Waals surface area contributed by atoms with Gasteiger partial charge in [-0.2, -0.15) is 0 Å². The van der Waals surface area contributed by atoms with Crippen LogP contribution in [0.15, 0.2) is 41.6 Å². The zero-order valence-electron chi connectivity index (χ0n) is 11.4. The molecule has 0 aromatic carbocycles. The normalized spacial score (nSPS) is 11.5. The molecular formula is C13H15N3O4S. The van der Waals surface area contributed by atoms with Gasteiger partial charge in [0.05, 0.1) is 0 Å². The summed E-state index contributed by atoms with van der Waals surface area (Å²) in [6.45, 7) is 0.191. The minimum Gasteiger partial charge on any atom is -0.477 e. The largest absolute Gasteiger partial charge is 0.477 e. The van der Waals surface area contributed by atoms with Crippen LogP contribution in [-0.4, -0.2) is 35.6 Å². The summed E-state index contributed by atoms with van der Waals surface area (Å²) in [4.78, 5) is 14.9. The fourth-order valence-corrected chi connectivity index (χ4v) is 2.94. The molecule has 0 fully saturated rings. The Kier molecular flexibility index (Phi) is 4.39. The first-order valence-electron chi connectivity index (χ1n) is 6.19. The number of hydrogen-bond donors (Lipinski definition) is 2. The third-order valence-corrected chi connectivity index (χ3v) is 4.34. The Labute approximate surface area is 122 Å². The van der Waals surface area contributed by atoms with E-state index in [1.165, 1.54) is 17.8 Å². The zero-order valence-corrected chi connectivity index (χ0v) is 12.2. The standard InChI is InChI=1S/C13H15N3O4S/c1-16-9-11(8-12(16)13(17)18)21(19,20)15-7-5-10-4-2-3-6-14-10/h2-4,6,8-9,15H,5,7H2,1H3,(H,17,18). The van der Waals surface area contributed by atoms with Crippen LogP contribution in [-0.2, 0) is 23.5 Å². The first kappa shape index (κ1) is 15.2. The fraction of sp³-hybridized carbons (Fsp3) is 0.231. The van der Waals surface area contributed by atoms with Crippen LogP contribution in [0.4, 0.5) is 0 Å². The van der Waals surface area contributed by atoms with E-state index in [9.17, 15) is 13.2 Å². The van der Waals surface area contributed by atoms with Gasteiger partial charge in [0, 0.05) is 38.1 Å². The van der Waals surface area contributed by atoms with Crippen molar-refractivity contribution in [2.45, 2.75) is 11.3 Å². The van der Waals surface area contributed by atoms with Crippen LogP contribution in [0, 0.1) is 0 Å². The molecule has 21 heavy (non-hydrogen) atoms. The molecule has 2 heterocycles. The van der Waals surface area contributed by atoms with Crippen molar-refractivity contribution in [3.05, 3.63) is 48.0 Å². The SMILES string of the molecule is Cn1cc(S(=O)(=O)NCCc2ccccn2)cc1C(=O)O. The molecule has 2 rings (SSSR count). The molecule has 2 N–H and O–H groups in total. The van der Waals surface area contributed by atoms with E-state index in [2.05, 4.69) is 9.71 Å². The van der Waals surface area contributed by atoms with Gasteiger partial charge in [0.1, 0.15) is 10.6 Å². The number of nitrogens with zero attached hydrogens (tertiary/aromatic N) is 2. The third-order valence-electron chi connectivity index (χ3n) is 2.91. The lowest BCUT2D eigenvalue weighted by molar-refractivity contribution is 0.0686. The van der Waals surface area contributed by atoms with Gasteiger partial charge in [-0.05, 0) is 18.2 Å². The molecule has 8 heteroatoms. The smallest absolute Gasteiger partial charge is 0.352 e. The van der Waals surface area contributed by atoms with Crippen LogP contribution in [0.25, 0.3) is 0 Å². The van der Waals surface area contributed by atoms with Gasteiger partial charge in [0.25, 0.3) is 0 Å².